The summed E-state index contributed by atoms with van der Waals surface area (Å²) in [5, 5.41) is 2.21. The lowest BCUT2D eigenvalue weighted by Gasteiger charge is -2.23. The van der Waals surface area contributed by atoms with Crippen LogP contribution in [0, 0.1) is 0 Å². The van der Waals surface area contributed by atoms with Crippen LogP contribution < -0.4 is 4.90 Å². The third-order valence-electron chi connectivity index (χ3n) is 5.06. The predicted octanol–water partition coefficient (Wildman–Crippen LogP) is 4.50. The summed E-state index contributed by atoms with van der Waals surface area (Å²) >= 11 is 1.24. The van der Waals surface area contributed by atoms with E-state index >= 15 is 0 Å². The lowest BCUT2D eigenvalue weighted by atomic mass is 10.1. The molecule has 0 fully saturated rings. The van der Waals surface area contributed by atoms with Crippen LogP contribution in [-0.2, 0) is 33.3 Å². The summed E-state index contributed by atoms with van der Waals surface area (Å²) in [5.74, 6) is -0.794. The summed E-state index contributed by atoms with van der Waals surface area (Å²) in [4.78, 5) is 31.1. The van der Waals surface area contributed by atoms with Crippen LogP contribution in [0.2, 0.25) is 0 Å². The van der Waals surface area contributed by atoms with E-state index in [4.69, 9.17) is 4.74 Å². The maximum atomic E-state index is 13.1. The van der Waals surface area contributed by atoms with Gasteiger partial charge in [0, 0.05) is 23.1 Å². The van der Waals surface area contributed by atoms with E-state index in [0.717, 1.165) is 17.7 Å². The SMILES string of the molecule is COC(=O)C1Cc2ccccc2N1C(=O)Cc1csc(-c2ccc(C(F)(F)F)cc2)n1. The number of alkyl halides is 3. The summed E-state index contributed by atoms with van der Waals surface area (Å²) in [6, 6.07) is 11.3. The summed E-state index contributed by atoms with van der Waals surface area (Å²) in [6.45, 7) is 0. The second-order valence-electron chi connectivity index (χ2n) is 7.03. The zero-order chi connectivity index (χ0) is 22.2. The van der Waals surface area contributed by atoms with Gasteiger partial charge in [-0.25, -0.2) is 9.78 Å². The van der Waals surface area contributed by atoms with Crippen LogP contribution in [-0.4, -0.2) is 30.0 Å². The molecule has 4 rings (SSSR count). The van der Waals surface area contributed by atoms with Crippen molar-refractivity contribution in [1.82, 2.24) is 4.98 Å². The Morgan fingerprint density at radius 2 is 1.87 bits per heavy atom. The van der Waals surface area contributed by atoms with Crippen molar-refractivity contribution in [1.29, 1.82) is 0 Å². The number of methoxy groups -OCH3 is 1. The van der Waals surface area contributed by atoms with Gasteiger partial charge in [0.2, 0.25) is 5.91 Å². The number of carbonyl (C=O) groups excluding carboxylic acids is 2. The second-order valence-corrected chi connectivity index (χ2v) is 7.89. The fourth-order valence-electron chi connectivity index (χ4n) is 3.58. The van der Waals surface area contributed by atoms with Gasteiger partial charge in [-0.3, -0.25) is 9.69 Å². The van der Waals surface area contributed by atoms with E-state index in [1.54, 1.807) is 17.5 Å². The first kappa shape index (κ1) is 21.0. The Kier molecular flexibility index (Phi) is 5.53. The number of aromatic nitrogens is 1. The lowest BCUT2D eigenvalue weighted by molar-refractivity contribution is -0.143. The van der Waals surface area contributed by atoms with Crippen molar-refractivity contribution >= 4 is 28.9 Å². The molecule has 160 valence electrons. The molecule has 0 radical (unpaired) electrons. The van der Waals surface area contributed by atoms with E-state index in [9.17, 15) is 22.8 Å². The average Bonchev–Trinajstić information content (AvgIpc) is 3.37. The number of hydrogen-bond acceptors (Lipinski definition) is 5. The van der Waals surface area contributed by atoms with E-state index in [1.165, 1.54) is 35.5 Å². The fourth-order valence-corrected chi connectivity index (χ4v) is 4.41. The van der Waals surface area contributed by atoms with Crippen LogP contribution >= 0.6 is 11.3 Å². The Bertz CT molecular complexity index is 1130. The van der Waals surface area contributed by atoms with Crippen molar-refractivity contribution in [3.8, 4) is 10.6 Å². The number of para-hydroxylation sites is 1. The quantitative estimate of drug-likeness (QED) is 0.554. The molecule has 31 heavy (non-hydrogen) atoms. The zero-order valence-corrected chi connectivity index (χ0v) is 17.2. The first-order chi connectivity index (χ1) is 14.8. The fraction of sp³-hybridized carbons (Fsp3) is 0.227. The molecule has 1 unspecified atom stereocenters. The minimum atomic E-state index is -4.40. The number of hydrogen-bond donors (Lipinski definition) is 0. The van der Waals surface area contributed by atoms with E-state index in [0.29, 0.717) is 28.4 Å². The third-order valence-corrected chi connectivity index (χ3v) is 6.00. The number of benzene rings is 2. The van der Waals surface area contributed by atoms with Gasteiger partial charge >= 0.3 is 12.1 Å². The van der Waals surface area contributed by atoms with E-state index in [1.807, 2.05) is 12.1 Å². The first-order valence-electron chi connectivity index (χ1n) is 9.37. The van der Waals surface area contributed by atoms with E-state index in [2.05, 4.69) is 4.98 Å². The number of ether oxygens (including phenoxy) is 1. The Morgan fingerprint density at radius 1 is 1.16 bits per heavy atom. The maximum Gasteiger partial charge on any atom is 0.416 e. The van der Waals surface area contributed by atoms with Crippen LogP contribution in [0.3, 0.4) is 0 Å². The highest BCUT2D eigenvalue weighted by atomic mass is 32.1. The molecule has 0 saturated carbocycles. The minimum absolute atomic E-state index is 0.0427. The molecule has 0 N–H and O–H groups in total. The number of halogens is 3. The predicted molar refractivity (Wildman–Crippen MR) is 110 cm³/mol. The molecule has 5 nitrogen and oxygen atoms in total. The number of fused-ring (bicyclic) bond motifs is 1. The first-order valence-corrected chi connectivity index (χ1v) is 10.3. The highest BCUT2D eigenvalue weighted by Crippen LogP contribution is 2.34. The molecule has 3 aromatic rings. The zero-order valence-electron chi connectivity index (χ0n) is 16.3. The average molecular weight is 446 g/mol. The molecular weight excluding hydrogens is 429 g/mol. The Labute approximate surface area is 180 Å². The van der Waals surface area contributed by atoms with Crippen molar-refractivity contribution in [3.63, 3.8) is 0 Å². The third kappa shape index (κ3) is 4.18. The van der Waals surface area contributed by atoms with Gasteiger partial charge in [-0.05, 0) is 23.8 Å². The van der Waals surface area contributed by atoms with Crippen molar-refractivity contribution < 1.29 is 27.5 Å². The molecule has 2 heterocycles. The molecule has 1 aromatic heterocycles. The van der Waals surface area contributed by atoms with E-state index in [-0.39, 0.29) is 12.3 Å². The summed E-state index contributed by atoms with van der Waals surface area (Å²) in [7, 11) is 1.28. The topological polar surface area (TPSA) is 59.5 Å². The van der Waals surface area contributed by atoms with Gasteiger partial charge in [0.15, 0.2) is 0 Å². The van der Waals surface area contributed by atoms with Crippen LogP contribution in [0.25, 0.3) is 10.6 Å². The van der Waals surface area contributed by atoms with Crippen molar-refractivity contribution in [2.45, 2.75) is 25.1 Å². The number of amides is 1. The smallest absolute Gasteiger partial charge is 0.416 e. The van der Waals surface area contributed by atoms with Gasteiger partial charge in [0.25, 0.3) is 0 Å². The summed E-state index contributed by atoms with van der Waals surface area (Å²) < 4.78 is 43.1. The molecule has 0 bridgehead atoms. The highest BCUT2D eigenvalue weighted by molar-refractivity contribution is 7.13. The Balaban J connectivity index is 1.54. The lowest BCUT2D eigenvalue weighted by Crippen LogP contribution is -2.44. The van der Waals surface area contributed by atoms with Crippen LogP contribution in [0.1, 0.15) is 16.8 Å². The van der Waals surface area contributed by atoms with Gasteiger partial charge in [-0.2, -0.15) is 13.2 Å². The maximum absolute atomic E-state index is 13.1. The molecule has 1 aliphatic heterocycles. The molecule has 0 aliphatic carbocycles. The van der Waals surface area contributed by atoms with Crippen LogP contribution in [0.4, 0.5) is 18.9 Å². The molecule has 1 aliphatic rings. The van der Waals surface area contributed by atoms with Crippen LogP contribution in [0.5, 0.6) is 0 Å². The molecule has 0 spiro atoms. The minimum Gasteiger partial charge on any atom is -0.467 e. The Morgan fingerprint density at radius 3 is 2.55 bits per heavy atom. The number of anilines is 1. The van der Waals surface area contributed by atoms with Crippen molar-refractivity contribution in [2.24, 2.45) is 0 Å². The monoisotopic (exact) mass is 446 g/mol. The highest BCUT2D eigenvalue weighted by Gasteiger charge is 2.39. The van der Waals surface area contributed by atoms with Gasteiger partial charge < -0.3 is 4.74 Å². The van der Waals surface area contributed by atoms with Gasteiger partial charge in [0.05, 0.1) is 24.8 Å². The van der Waals surface area contributed by atoms with Crippen LogP contribution in [0.15, 0.2) is 53.9 Å². The number of esters is 1. The van der Waals surface area contributed by atoms with Gasteiger partial charge in [-0.1, -0.05) is 30.3 Å². The van der Waals surface area contributed by atoms with E-state index < -0.39 is 23.8 Å². The van der Waals surface area contributed by atoms with Crippen molar-refractivity contribution in [3.05, 3.63) is 70.7 Å². The van der Waals surface area contributed by atoms with Crippen molar-refractivity contribution in [2.75, 3.05) is 12.0 Å². The Hall–Kier alpha value is -3.20. The molecule has 0 saturated heterocycles. The number of carbonyl (C=O) groups is 2. The molecule has 2 aromatic carbocycles. The second kappa shape index (κ2) is 8.14. The largest absolute Gasteiger partial charge is 0.467 e. The molecular formula is C22H17F3N2O3S. The number of rotatable bonds is 4. The van der Waals surface area contributed by atoms with Gasteiger partial charge in [-0.15, -0.1) is 11.3 Å². The number of thiazole rings is 1. The molecule has 1 amide bonds. The molecule has 9 heteroatoms. The standard InChI is InChI=1S/C22H17F3N2O3S/c1-30-21(29)18-10-14-4-2-3-5-17(14)27(18)19(28)11-16-12-31-20(26-16)13-6-8-15(9-7-13)22(23,24)25/h2-9,12,18H,10-11H2,1H3. The number of nitrogens with zero attached hydrogens (tertiary/aromatic N) is 2. The summed E-state index contributed by atoms with van der Waals surface area (Å²) in [5.41, 5.74) is 1.84. The summed E-state index contributed by atoms with van der Waals surface area (Å²) in [6.07, 6.45) is -4.07. The van der Waals surface area contributed by atoms with Gasteiger partial charge in [0.1, 0.15) is 11.0 Å². The normalized spacial score (nSPS) is 15.6. The molecule has 1 atom stereocenters.